The van der Waals surface area contributed by atoms with Gasteiger partial charge in [0.1, 0.15) is 5.82 Å². The van der Waals surface area contributed by atoms with Gasteiger partial charge in [-0.05, 0) is 36.5 Å². The first kappa shape index (κ1) is 13.3. The molecule has 0 bridgehead atoms. The van der Waals surface area contributed by atoms with Crippen LogP contribution in [0.2, 0.25) is 0 Å². The number of halogens is 1. The second kappa shape index (κ2) is 5.27. The fourth-order valence-corrected chi connectivity index (χ4v) is 3.05. The summed E-state index contributed by atoms with van der Waals surface area (Å²) in [6.45, 7) is 4.49. The summed E-state index contributed by atoms with van der Waals surface area (Å²) in [4.78, 5) is 0. The Morgan fingerprint density at radius 1 is 1.44 bits per heavy atom. The Morgan fingerprint density at radius 3 is 2.89 bits per heavy atom. The van der Waals surface area contributed by atoms with Crippen LogP contribution in [0.1, 0.15) is 33.1 Å². The van der Waals surface area contributed by atoms with Gasteiger partial charge in [-0.3, -0.25) is 0 Å². The molecule has 1 aliphatic rings. The summed E-state index contributed by atoms with van der Waals surface area (Å²) in [5.74, 6) is 0.705. The summed E-state index contributed by atoms with van der Waals surface area (Å²) in [5, 5.41) is 13.2. The molecule has 2 nitrogen and oxygen atoms in total. The number of benzene rings is 1. The normalized spacial score (nSPS) is 32.2. The number of rotatable bonds is 3. The van der Waals surface area contributed by atoms with Gasteiger partial charge in [0.2, 0.25) is 0 Å². The molecule has 1 saturated carbocycles. The largest absolute Gasteiger partial charge is 0.394 e. The van der Waals surface area contributed by atoms with Crippen LogP contribution in [0.4, 0.5) is 10.1 Å². The summed E-state index contributed by atoms with van der Waals surface area (Å²) in [5.41, 5.74) is 0.441. The lowest BCUT2D eigenvalue weighted by Crippen LogP contribution is -2.52. The van der Waals surface area contributed by atoms with Crippen molar-refractivity contribution in [2.24, 2.45) is 11.8 Å². The highest BCUT2D eigenvalue weighted by molar-refractivity contribution is 5.46. The molecule has 3 atom stereocenters. The van der Waals surface area contributed by atoms with Crippen molar-refractivity contribution < 1.29 is 9.50 Å². The van der Waals surface area contributed by atoms with Crippen LogP contribution in [0.15, 0.2) is 24.3 Å². The standard InChI is InChI=1S/C15H22FNO/c1-11-5-4-8-15(10-18,12(11)2)17-14-7-3-6-13(16)9-14/h3,6-7,9,11-12,17-18H,4-5,8,10H2,1-2H3. The molecule has 2 rings (SSSR count). The minimum Gasteiger partial charge on any atom is -0.394 e. The van der Waals surface area contributed by atoms with Gasteiger partial charge >= 0.3 is 0 Å². The molecule has 2 N–H and O–H groups in total. The van der Waals surface area contributed by atoms with E-state index < -0.39 is 0 Å². The SMILES string of the molecule is CC1CCCC(CO)(Nc2cccc(F)c2)C1C. The van der Waals surface area contributed by atoms with Crippen molar-refractivity contribution in [1.29, 1.82) is 0 Å². The molecule has 0 spiro atoms. The van der Waals surface area contributed by atoms with Crippen LogP contribution >= 0.6 is 0 Å². The number of anilines is 1. The smallest absolute Gasteiger partial charge is 0.125 e. The van der Waals surface area contributed by atoms with E-state index in [1.54, 1.807) is 6.07 Å². The van der Waals surface area contributed by atoms with E-state index in [0.29, 0.717) is 11.8 Å². The molecular weight excluding hydrogens is 229 g/mol. The van der Waals surface area contributed by atoms with Crippen molar-refractivity contribution in [1.82, 2.24) is 0 Å². The van der Waals surface area contributed by atoms with E-state index in [2.05, 4.69) is 19.2 Å². The maximum absolute atomic E-state index is 13.2. The zero-order valence-electron chi connectivity index (χ0n) is 11.1. The van der Waals surface area contributed by atoms with E-state index in [0.717, 1.165) is 18.5 Å². The van der Waals surface area contributed by atoms with E-state index in [1.807, 2.05) is 6.07 Å². The first-order valence-electron chi connectivity index (χ1n) is 6.72. The van der Waals surface area contributed by atoms with Crippen LogP contribution in [0.3, 0.4) is 0 Å². The third-order valence-electron chi connectivity index (χ3n) is 4.51. The van der Waals surface area contributed by atoms with Crippen LogP contribution in [0, 0.1) is 17.7 Å². The van der Waals surface area contributed by atoms with E-state index in [9.17, 15) is 9.50 Å². The van der Waals surface area contributed by atoms with Crippen molar-refractivity contribution in [3.05, 3.63) is 30.1 Å². The van der Waals surface area contributed by atoms with Crippen LogP contribution in [0.5, 0.6) is 0 Å². The maximum atomic E-state index is 13.2. The van der Waals surface area contributed by atoms with Crippen LogP contribution in [0.25, 0.3) is 0 Å². The van der Waals surface area contributed by atoms with Gasteiger partial charge in [-0.25, -0.2) is 4.39 Å². The van der Waals surface area contributed by atoms with E-state index in [4.69, 9.17) is 0 Å². The first-order chi connectivity index (χ1) is 8.57. The Kier molecular flexibility index (Phi) is 3.91. The molecule has 1 aromatic rings. The number of aliphatic hydroxyl groups is 1. The molecule has 0 aliphatic heterocycles. The van der Waals surface area contributed by atoms with E-state index in [-0.39, 0.29) is 18.0 Å². The minimum atomic E-state index is -0.314. The predicted octanol–water partition coefficient (Wildman–Crippen LogP) is 3.42. The molecule has 3 unspecified atom stereocenters. The predicted molar refractivity (Wildman–Crippen MR) is 72.0 cm³/mol. The average molecular weight is 251 g/mol. The third kappa shape index (κ3) is 2.51. The molecule has 0 amide bonds. The Hall–Kier alpha value is -1.09. The average Bonchev–Trinajstić information content (AvgIpc) is 2.35. The summed E-state index contributed by atoms with van der Waals surface area (Å²) in [6.07, 6.45) is 3.24. The fourth-order valence-electron chi connectivity index (χ4n) is 3.05. The zero-order valence-corrected chi connectivity index (χ0v) is 11.1. The monoisotopic (exact) mass is 251 g/mol. The van der Waals surface area contributed by atoms with Gasteiger partial charge in [0.15, 0.2) is 0 Å². The van der Waals surface area contributed by atoms with E-state index >= 15 is 0 Å². The number of hydrogen-bond donors (Lipinski definition) is 2. The summed E-state index contributed by atoms with van der Waals surface area (Å²) in [6, 6.07) is 6.47. The molecule has 1 aliphatic carbocycles. The van der Waals surface area contributed by atoms with Crippen molar-refractivity contribution in [3.8, 4) is 0 Å². The molecule has 18 heavy (non-hydrogen) atoms. The summed E-state index contributed by atoms with van der Waals surface area (Å²) < 4.78 is 13.2. The Balaban J connectivity index is 2.22. The van der Waals surface area contributed by atoms with Crippen molar-refractivity contribution in [3.63, 3.8) is 0 Å². The van der Waals surface area contributed by atoms with Gasteiger partial charge in [-0.1, -0.05) is 32.8 Å². The summed E-state index contributed by atoms with van der Waals surface area (Å²) in [7, 11) is 0. The molecule has 3 heteroatoms. The van der Waals surface area contributed by atoms with Crippen molar-refractivity contribution in [2.75, 3.05) is 11.9 Å². The maximum Gasteiger partial charge on any atom is 0.125 e. The van der Waals surface area contributed by atoms with Gasteiger partial charge in [0.05, 0.1) is 12.1 Å². The van der Waals surface area contributed by atoms with Gasteiger partial charge in [-0.2, -0.15) is 0 Å². The molecule has 1 fully saturated rings. The second-order valence-electron chi connectivity index (χ2n) is 5.61. The molecule has 0 heterocycles. The fraction of sp³-hybridized carbons (Fsp3) is 0.600. The molecule has 0 radical (unpaired) electrons. The minimum absolute atomic E-state index is 0.0923. The van der Waals surface area contributed by atoms with Crippen LogP contribution in [-0.2, 0) is 0 Å². The molecule has 0 saturated heterocycles. The molecule has 100 valence electrons. The van der Waals surface area contributed by atoms with Gasteiger partial charge in [0, 0.05) is 5.69 Å². The zero-order chi connectivity index (χ0) is 13.2. The van der Waals surface area contributed by atoms with Gasteiger partial charge in [0.25, 0.3) is 0 Å². The lowest BCUT2D eigenvalue weighted by molar-refractivity contribution is 0.0925. The topological polar surface area (TPSA) is 32.3 Å². The number of aliphatic hydroxyl groups excluding tert-OH is 1. The highest BCUT2D eigenvalue weighted by Gasteiger charge is 2.41. The van der Waals surface area contributed by atoms with Gasteiger partial charge < -0.3 is 10.4 Å². The highest BCUT2D eigenvalue weighted by Crippen LogP contribution is 2.39. The van der Waals surface area contributed by atoms with Crippen molar-refractivity contribution in [2.45, 2.75) is 38.6 Å². The van der Waals surface area contributed by atoms with Gasteiger partial charge in [-0.15, -0.1) is 0 Å². The quantitative estimate of drug-likeness (QED) is 0.862. The summed E-state index contributed by atoms with van der Waals surface area (Å²) >= 11 is 0. The number of hydrogen-bond acceptors (Lipinski definition) is 2. The first-order valence-corrected chi connectivity index (χ1v) is 6.72. The number of nitrogens with one attached hydrogen (secondary N) is 1. The Bertz CT molecular complexity index is 409. The Morgan fingerprint density at radius 2 is 2.22 bits per heavy atom. The lowest BCUT2D eigenvalue weighted by atomic mass is 9.68. The Labute approximate surface area is 108 Å². The second-order valence-corrected chi connectivity index (χ2v) is 5.61. The molecule has 0 aromatic heterocycles. The van der Waals surface area contributed by atoms with Crippen molar-refractivity contribution >= 4 is 5.69 Å². The molecule has 1 aromatic carbocycles. The molecular formula is C15H22FNO. The van der Waals surface area contributed by atoms with Crippen LogP contribution < -0.4 is 5.32 Å². The van der Waals surface area contributed by atoms with E-state index in [1.165, 1.54) is 18.6 Å². The lowest BCUT2D eigenvalue weighted by Gasteiger charge is -2.46. The third-order valence-corrected chi connectivity index (χ3v) is 4.51. The van der Waals surface area contributed by atoms with Crippen LogP contribution in [-0.4, -0.2) is 17.3 Å². The highest BCUT2D eigenvalue weighted by atomic mass is 19.1.